The summed E-state index contributed by atoms with van der Waals surface area (Å²) in [5.74, 6) is 0.969. The number of rotatable bonds is 5. The number of nitrogen functional groups attached to an aromatic ring is 1. The molecule has 0 unspecified atom stereocenters. The first-order chi connectivity index (χ1) is 9.60. The molecule has 0 spiro atoms. The van der Waals surface area contributed by atoms with Crippen LogP contribution < -0.4 is 11.1 Å². The lowest BCUT2D eigenvalue weighted by molar-refractivity contribution is 0.0690. The molecule has 1 aliphatic carbocycles. The number of pyridine rings is 1. The topological polar surface area (TPSA) is 88.2 Å². The Bertz CT molecular complexity index is 468. The zero-order valence-corrected chi connectivity index (χ0v) is 11.9. The predicted molar refractivity (Wildman–Crippen MR) is 79.8 cm³/mol. The first-order valence-electron chi connectivity index (χ1n) is 7.33. The van der Waals surface area contributed by atoms with Crippen molar-refractivity contribution in [2.45, 2.75) is 39.0 Å². The van der Waals surface area contributed by atoms with E-state index in [2.05, 4.69) is 17.2 Å². The molecule has 1 aromatic heterocycles. The molecular weight excluding hydrogens is 254 g/mol. The van der Waals surface area contributed by atoms with E-state index in [1.54, 1.807) is 6.07 Å². The third kappa shape index (κ3) is 3.62. The second kappa shape index (κ2) is 6.59. The second-order valence-electron chi connectivity index (χ2n) is 5.62. The zero-order valence-electron chi connectivity index (χ0n) is 11.9. The van der Waals surface area contributed by atoms with Crippen LogP contribution in [0.5, 0.6) is 0 Å². The molecular formula is C15H23N3O2. The highest BCUT2D eigenvalue weighted by atomic mass is 16.4. The second-order valence-corrected chi connectivity index (χ2v) is 5.62. The van der Waals surface area contributed by atoms with Gasteiger partial charge in [0.05, 0.1) is 5.69 Å². The van der Waals surface area contributed by atoms with Crippen molar-refractivity contribution in [3.63, 3.8) is 0 Å². The summed E-state index contributed by atoms with van der Waals surface area (Å²) < 4.78 is 0. The third-order valence-corrected chi connectivity index (χ3v) is 4.25. The Morgan fingerprint density at radius 1 is 1.35 bits per heavy atom. The minimum Gasteiger partial charge on any atom is -0.477 e. The van der Waals surface area contributed by atoms with Gasteiger partial charge in [-0.05, 0) is 36.8 Å². The number of nitrogens with one attached hydrogen (secondary N) is 1. The summed E-state index contributed by atoms with van der Waals surface area (Å²) in [6.07, 6.45) is 6.31. The number of anilines is 2. The maximum Gasteiger partial charge on any atom is 0.354 e. The maximum absolute atomic E-state index is 10.9. The number of hydrogen-bond acceptors (Lipinski definition) is 4. The molecule has 0 aliphatic heterocycles. The van der Waals surface area contributed by atoms with Crippen molar-refractivity contribution in [3.8, 4) is 0 Å². The van der Waals surface area contributed by atoms with Crippen LogP contribution in [0.2, 0.25) is 0 Å². The Labute approximate surface area is 119 Å². The van der Waals surface area contributed by atoms with Gasteiger partial charge in [-0.3, -0.25) is 0 Å². The van der Waals surface area contributed by atoms with Gasteiger partial charge in [-0.1, -0.05) is 26.2 Å². The number of carbonyl (C=O) groups is 1. The summed E-state index contributed by atoms with van der Waals surface area (Å²) in [7, 11) is 0. The van der Waals surface area contributed by atoms with Crippen LogP contribution in [0.1, 0.15) is 49.5 Å². The van der Waals surface area contributed by atoms with Gasteiger partial charge in [-0.25, -0.2) is 9.78 Å². The fourth-order valence-electron chi connectivity index (χ4n) is 2.82. The van der Waals surface area contributed by atoms with Crippen LogP contribution in [0.15, 0.2) is 12.1 Å². The van der Waals surface area contributed by atoms with E-state index in [1.807, 2.05) is 0 Å². The molecule has 0 atom stereocenters. The van der Waals surface area contributed by atoms with E-state index < -0.39 is 5.97 Å². The van der Waals surface area contributed by atoms with E-state index in [0.29, 0.717) is 17.4 Å². The fourth-order valence-corrected chi connectivity index (χ4v) is 2.82. The number of carboxylic acids is 1. The van der Waals surface area contributed by atoms with Crippen LogP contribution in [0.25, 0.3) is 0 Å². The molecule has 0 aromatic carbocycles. The lowest BCUT2D eigenvalue weighted by Gasteiger charge is -2.28. The van der Waals surface area contributed by atoms with Gasteiger partial charge in [0.25, 0.3) is 0 Å². The van der Waals surface area contributed by atoms with Crippen molar-refractivity contribution in [3.05, 3.63) is 17.8 Å². The first-order valence-corrected chi connectivity index (χ1v) is 7.33. The lowest BCUT2D eigenvalue weighted by atomic mass is 9.81. The standard InChI is InChI=1S/C15H23N3O2/c1-2-10-3-5-11(6-4-10)9-17-14-12(16)7-8-13(18-14)15(19)20/h7-8,10-11H,2-6,9,16H2,1H3,(H,17,18)(H,19,20). The number of carboxylic acid groups (broad SMARTS) is 1. The van der Waals surface area contributed by atoms with Crippen LogP contribution in [0.3, 0.4) is 0 Å². The SMILES string of the molecule is CCC1CCC(CNc2nc(C(=O)O)ccc2N)CC1. The first kappa shape index (κ1) is 14.6. The maximum atomic E-state index is 10.9. The van der Waals surface area contributed by atoms with E-state index in [0.717, 1.165) is 12.5 Å². The number of aromatic carboxylic acids is 1. The average molecular weight is 277 g/mol. The minimum atomic E-state index is -1.03. The Morgan fingerprint density at radius 3 is 2.60 bits per heavy atom. The summed E-state index contributed by atoms with van der Waals surface area (Å²) >= 11 is 0. The fraction of sp³-hybridized carbons (Fsp3) is 0.600. The van der Waals surface area contributed by atoms with E-state index in [-0.39, 0.29) is 5.69 Å². The highest BCUT2D eigenvalue weighted by Crippen LogP contribution is 2.30. The quantitative estimate of drug-likeness (QED) is 0.770. The van der Waals surface area contributed by atoms with Gasteiger partial charge in [0.2, 0.25) is 0 Å². The molecule has 110 valence electrons. The zero-order chi connectivity index (χ0) is 14.5. The van der Waals surface area contributed by atoms with Gasteiger partial charge in [0.1, 0.15) is 5.82 Å². The monoisotopic (exact) mass is 277 g/mol. The van der Waals surface area contributed by atoms with Crippen molar-refractivity contribution >= 4 is 17.5 Å². The molecule has 1 aromatic rings. The van der Waals surface area contributed by atoms with Crippen molar-refractivity contribution in [2.75, 3.05) is 17.6 Å². The van der Waals surface area contributed by atoms with Crippen molar-refractivity contribution < 1.29 is 9.90 Å². The van der Waals surface area contributed by atoms with Crippen LogP contribution in [0.4, 0.5) is 11.5 Å². The molecule has 4 N–H and O–H groups in total. The summed E-state index contributed by atoms with van der Waals surface area (Å²) in [6, 6.07) is 3.02. The molecule has 5 heteroatoms. The lowest BCUT2D eigenvalue weighted by Crippen LogP contribution is -2.22. The van der Waals surface area contributed by atoms with Crippen molar-refractivity contribution in [1.82, 2.24) is 4.98 Å². The number of aromatic nitrogens is 1. The summed E-state index contributed by atoms with van der Waals surface area (Å²) in [4.78, 5) is 15.0. The van der Waals surface area contributed by atoms with Gasteiger partial charge in [-0.2, -0.15) is 0 Å². The van der Waals surface area contributed by atoms with Crippen LogP contribution in [-0.4, -0.2) is 22.6 Å². The van der Waals surface area contributed by atoms with Gasteiger partial charge in [0.15, 0.2) is 5.69 Å². The van der Waals surface area contributed by atoms with Crippen LogP contribution >= 0.6 is 0 Å². The van der Waals surface area contributed by atoms with Crippen LogP contribution in [0, 0.1) is 11.8 Å². The number of nitrogens with two attached hydrogens (primary N) is 1. The summed E-state index contributed by atoms with van der Waals surface area (Å²) in [5, 5.41) is 12.2. The van der Waals surface area contributed by atoms with Gasteiger partial charge < -0.3 is 16.2 Å². The molecule has 1 aliphatic rings. The van der Waals surface area contributed by atoms with Crippen LogP contribution in [-0.2, 0) is 0 Å². The molecule has 0 saturated heterocycles. The molecule has 1 fully saturated rings. The van der Waals surface area contributed by atoms with E-state index in [9.17, 15) is 4.79 Å². The molecule has 5 nitrogen and oxygen atoms in total. The highest BCUT2D eigenvalue weighted by Gasteiger charge is 2.20. The van der Waals surface area contributed by atoms with Gasteiger partial charge in [0, 0.05) is 6.54 Å². The van der Waals surface area contributed by atoms with E-state index >= 15 is 0 Å². The number of hydrogen-bond donors (Lipinski definition) is 3. The normalized spacial score (nSPS) is 22.4. The predicted octanol–water partition coefficient (Wildman–Crippen LogP) is 2.99. The summed E-state index contributed by atoms with van der Waals surface area (Å²) in [5.41, 5.74) is 6.35. The molecule has 0 radical (unpaired) electrons. The van der Waals surface area contributed by atoms with Gasteiger partial charge >= 0.3 is 5.97 Å². The highest BCUT2D eigenvalue weighted by molar-refractivity contribution is 5.86. The molecule has 2 rings (SSSR count). The Kier molecular flexibility index (Phi) is 4.82. The molecule has 1 heterocycles. The van der Waals surface area contributed by atoms with Crippen molar-refractivity contribution in [1.29, 1.82) is 0 Å². The van der Waals surface area contributed by atoms with Gasteiger partial charge in [-0.15, -0.1) is 0 Å². The Morgan fingerprint density at radius 2 is 2.00 bits per heavy atom. The molecule has 1 saturated carbocycles. The Balaban J connectivity index is 1.91. The third-order valence-electron chi connectivity index (χ3n) is 4.25. The van der Waals surface area contributed by atoms with E-state index in [4.69, 9.17) is 10.8 Å². The molecule has 0 bridgehead atoms. The van der Waals surface area contributed by atoms with E-state index in [1.165, 1.54) is 38.2 Å². The largest absolute Gasteiger partial charge is 0.477 e. The minimum absolute atomic E-state index is 0.0244. The smallest absolute Gasteiger partial charge is 0.354 e. The average Bonchev–Trinajstić information content (AvgIpc) is 2.46. The Hall–Kier alpha value is -1.78. The van der Waals surface area contributed by atoms with Crippen molar-refractivity contribution in [2.24, 2.45) is 11.8 Å². The molecule has 0 amide bonds. The number of nitrogens with zero attached hydrogens (tertiary/aromatic N) is 1. The molecule has 20 heavy (non-hydrogen) atoms. The summed E-state index contributed by atoms with van der Waals surface area (Å²) in [6.45, 7) is 3.07.